The Bertz CT molecular complexity index is 987. The van der Waals surface area contributed by atoms with Crippen LogP contribution in [0.5, 0.6) is 5.75 Å². The van der Waals surface area contributed by atoms with Crippen LogP contribution in [0.25, 0.3) is 22.3 Å². The summed E-state index contributed by atoms with van der Waals surface area (Å²) in [5.41, 5.74) is 2.87. The molecule has 0 spiro atoms. The lowest BCUT2D eigenvalue weighted by atomic mass is 10.0. The topological polar surface area (TPSA) is 69.0 Å². The first-order chi connectivity index (χ1) is 13.7. The molecular formula is C22H26N4O2. The number of carbonyl (C=O) groups is 1. The molecule has 4 rings (SSSR count). The molecular weight excluding hydrogens is 352 g/mol. The second-order valence-electron chi connectivity index (χ2n) is 7.42. The standard InChI is InChI=1S/C22H26N4O2/c1-26-21-18(14-23-26)17(22(27)24-15-9-5-3-4-6-10-15)13-19(25-21)16-11-7-8-12-20(16)28-2/h7-8,11-15H,3-6,9-10H2,1-2H3,(H,24,27). The first kappa shape index (κ1) is 18.5. The quantitative estimate of drug-likeness (QED) is 0.694. The van der Waals surface area contributed by atoms with Gasteiger partial charge >= 0.3 is 0 Å². The van der Waals surface area contributed by atoms with Crippen molar-refractivity contribution < 1.29 is 9.53 Å². The molecule has 6 heteroatoms. The van der Waals surface area contributed by atoms with Crippen LogP contribution < -0.4 is 10.1 Å². The Morgan fingerprint density at radius 1 is 1.18 bits per heavy atom. The van der Waals surface area contributed by atoms with Gasteiger partial charge in [-0.1, -0.05) is 37.8 Å². The van der Waals surface area contributed by atoms with Gasteiger partial charge in [0.05, 0.1) is 30.0 Å². The van der Waals surface area contributed by atoms with Gasteiger partial charge in [-0.2, -0.15) is 5.10 Å². The van der Waals surface area contributed by atoms with Crippen LogP contribution in [0.1, 0.15) is 48.9 Å². The molecule has 0 radical (unpaired) electrons. The van der Waals surface area contributed by atoms with Crippen LogP contribution in [0.2, 0.25) is 0 Å². The summed E-state index contributed by atoms with van der Waals surface area (Å²) in [5.74, 6) is 0.676. The van der Waals surface area contributed by atoms with E-state index in [9.17, 15) is 4.79 Å². The fourth-order valence-electron chi connectivity index (χ4n) is 3.98. The molecule has 1 N–H and O–H groups in total. The van der Waals surface area contributed by atoms with Crippen molar-refractivity contribution in [2.24, 2.45) is 7.05 Å². The van der Waals surface area contributed by atoms with Crippen molar-refractivity contribution in [1.29, 1.82) is 0 Å². The van der Waals surface area contributed by atoms with Crippen LogP contribution in [-0.2, 0) is 7.05 Å². The number of aromatic nitrogens is 3. The Morgan fingerprint density at radius 2 is 1.93 bits per heavy atom. The van der Waals surface area contributed by atoms with E-state index in [1.807, 2.05) is 37.4 Å². The maximum absolute atomic E-state index is 13.2. The molecule has 1 aliphatic rings. The lowest BCUT2D eigenvalue weighted by Gasteiger charge is -2.17. The van der Waals surface area contributed by atoms with E-state index in [2.05, 4.69) is 10.4 Å². The number of para-hydroxylation sites is 1. The summed E-state index contributed by atoms with van der Waals surface area (Å²) < 4.78 is 7.20. The van der Waals surface area contributed by atoms with E-state index in [-0.39, 0.29) is 11.9 Å². The number of rotatable bonds is 4. The number of nitrogens with zero attached hydrogens (tertiary/aromatic N) is 3. The molecule has 2 aromatic heterocycles. The fourth-order valence-corrected chi connectivity index (χ4v) is 3.98. The molecule has 0 atom stereocenters. The van der Waals surface area contributed by atoms with Gasteiger partial charge < -0.3 is 10.1 Å². The number of carbonyl (C=O) groups excluding carboxylic acids is 1. The molecule has 6 nitrogen and oxygen atoms in total. The minimum Gasteiger partial charge on any atom is -0.496 e. The third kappa shape index (κ3) is 3.59. The number of pyridine rings is 1. The van der Waals surface area contributed by atoms with E-state index in [0.717, 1.165) is 29.5 Å². The zero-order valence-corrected chi connectivity index (χ0v) is 16.4. The molecule has 2 heterocycles. The summed E-state index contributed by atoms with van der Waals surface area (Å²) in [7, 11) is 3.48. The van der Waals surface area contributed by atoms with Gasteiger partial charge in [0.25, 0.3) is 5.91 Å². The zero-order chi connectivity index (χ0) is 19.5. The molecule has 0 bridgehead atoms. The minimum atomic E-state index is -0.0524. The van der Waals surface area contributed by atoms with Crippen molar-refractivity contribution in [2.75, 3.05) is 7.11 Å². The molecule has 0 aliphatic heterocycles. The van der Waals surface area contributed by atoms with Gasteiger partial charge in [-0.15, -0.1) is 0 Å². The third-order valence-electron chi connectivity index (χ3n) is 5.52. The van der Waals surface area contributed by atoms with E-state index < -0.39 is 0 Å². The van der Waals surface area contributed by atoms with Crippen molar-refractivity contribution in [3.05, 3.63) is 42.1 Å². The summed E-state index contributed by atoms with van der Waals surface area (Å²) in [5, 5.41) is 8.34. The average molecular weight is 378 g/mol. The summed E-state index contributed by atoms with van der Waals surface area (Å²) in [4.78, 5) is 17.9. The molecule has 0 saturated heterocycles. The lowest BCUT2D eigenvalue weighted by Crippen LogP contribution is -2.34. The van der Waals surface area contributed by atoms with E-state index in [0.29, 0.717) is 16.9 Å². The van der Waals surface area contributed by atoms with Crippen LogP contribution in [0.3, 0.4) is 0 Å². The number of aryl methyl sites for hydroxylation is 1. The second kappa shape index (κ2) is 8.00. The first-order valence-electron chi connectivity index (χ1n) is 9.94. The van der Waals surface area contributed by atoms with E-state index >= 15 is 0 Å². The SMILES string of the molecule is COc1ccccc1-c1cc(C(=O)NC2CCCCCC2)c2cnn(C)c2n1. The van der Waals surface area contributed by atoms with Crippen molar-refractivity contribution in [3.63, 3.8) is 0 Å². The zero-order valence-electron chi connectivity index (χ0n) is 16.4. The largest absolute Gasteiger partial charge is 0.496 e. The van der Waals surface area contributed by atoms with Gasteiger partial charge in [0.2, 0.25) is 0 Å². The van der Waals surface area contributed by atoms with Gasteiger partial charge in [-0.05, 0) is 31.0 Å². The van der Waals surface area contributed by atoms with Crippen LogP contribution in [0.4, 0.5) is 0 Å². The highest BCUT2D eigenvalue weighted by Crippen LogP contribution is 2.31. The summed E-state index contributed by atoms with van der Waals surface area (Å²) in [6, 6.07) is 9.81. The molecule has 1 aliphatic carbocycles. The third-order valence-corrected chi connectivity index (χ3v) is 5.52. The number of nitrogens with one attached hydrogen (secondary N) is 1. The molecule has 28 heavy (non-hydrogen) atoms. The molecule has 1 fully saturated rings. The van der Waals surface area contributed by atoms with Crippen molar-refractivity contribution in [3.8, 4) is 17.0 Å². The maximum Gasteiger partial charge on any atom is 0.252 e. The van der Waals surface area contributed by atoms with Gasteiger partial charge in [0, 0.05) is 18.7 Å². The predicted molar refractivity (Wildman–Crippen MR) is 109 cm³/mol. The number of hydrogen-bond donors (Lipinski definition) is 1. The Kier molecular flexibility index (Phi) is 5.28. The molecule has 1 aromatic carbocycles. The van der Waals surface area contributed by atoms with Gasteiger partial charge in [0.1, 0.15) is 5.75 Å². The highest BCUT2D eigenvalue weighted by atomic mass is 16.5. The van der Waals surface area contributed by atoms with Crippen LogP contribution in [-0.4, -0.2) is 33.8 Å². The Morgan fingerprint density at radius 3 is 2.68 bits per heavy atom. The van der Waals surface area contributed by atoms with E-state index in [1.165, 1.54) is 25.7 Å². The van der Waals surface area contributed by atoms with E-state index in [4.69, 9.17) is 9.72 Å². The fraction of sp³-hybridized carbons (Fsp3) is 0.409. The van der Waals surface area contributed by atoms with Crippen molar-refractivity contribution in [2.45, 2.75) is 44.6 Å². The monoisotopic (exact) mass is 378 g/mol. The van der Waals surface area contributed by atoms with Crippen LogP contribution >= 0.6 is 0 Å². The molecule has 3 aromatic rings. The number of fused-ring (bicyclic) bond motifs is 1. The van der Waals surface area contributed by atoms with E-state index in [1.54, 1.807) is 18.0 Å². The number of amides is 1. The number of ether oxygens (including phenoxy) is 1. The summed E-state index contributed by atoms with van der Waals surface area (Å²) >= 11 is 0. The first-order valence-corrected chi connectivity index (χ1v) is 9.94. The minimum absolute atomic E-state index is 0.0524. The Hall–Kier alpha value is -2.89. The van der Waals surface area contributed by atoms with Gasteiger partial charge in [-0.3, -0.25) is 9.48 Å². The maximum atomic E-state index is 13.2. The smallest absolute Gasteiger partial charge is 0.252 e. The van der Waals surface area contributed by atoms with Crippen molar-refractivity contribution >= 4 is 16.9 Å². The second-order valence-corrected chi connectivity index (χ2v) is 7.42. The number of methoxy groups -OCH3 is 1. The Balaban J connectivity index is 1.75. The molecule has 1 amide bonds. The molecule has 0 unspecified atom stereocenters. The van der Waals surface area contributed by atoms with Gasteiger partial charge in [0.15, 0.2) is 5.65 Å². The van der Waals surface area contributed by atoms with Crippen molar-refractivity contribution in [1.82, 2.24) is 20.1 Å². The highest BCUT2D eigenvalue weighted by molar-refractivity contribution is 6.06. The van der Waals surface area contributed by atoms with Gasteiger partial charge in [-0.25, -0.2) is 4.98 Å². The molecule has 146 valence electrons. The predicted octanol–water partition coefficient (Wildman–Crippen LogP) is 4.10. The highest BCUT2D eigenvalue weighted by Gasteiger charge is 2.21. The molecule has 1 saturated carbocycles. The number of benzene rings is 1. The Labute approximate surface area is 164 Å². The summed E-state index contributed by atoms with van der Waals surface area (Å²) in [6.07, 6.45) is 8.68. The van der Waals surface area contributed by atoms with Crippen LogP contribution in [0, 0.1) is 0 Å². The average Bonchev–Trinajstić information content (AvgIpc) is 2.92. The lowest BCUT2D eigenvalue weighted by molar-refractivity contribution is 0.0935. The number of hydrogen-bond acceptors (Lipinski definition) is 4. The normalized spacial score (nSPS) is 15.4. The summed E-state index contributed by atoms with van der Waals surface area (Å²) in [6.45, 7) is 0. The van der Waals surface area contributed by atoms with Crippen LogP contribution in [0.15, 0.2) is 36.5 Å².